The fourth-order valence-corrected chi connectivity index (χ4v) is 3.20. The maximum Gasteiger partial charge on any atom is 0.0639 e. The van der Waals surface area contributed by atoms with Crippen molar-refractivity contribution < 1.29 is 0 Å². The van der Waals surface area contributed by atoms with Crippen molar-refractivity contribution in [2.45, 2.75) is 96.9 Å². The molecule has 2 nitrogen and oxygen atoms in total. The highest BCUT2D eigenvalue weighted by molar-refractivity contribution is 5.86. The van der Waals surface area contributed by atoms with E-state index in [2.05, 4.69) is 31.2 Å². The summed E-state index contributed by atoms with van der Waals surface area (Å²) in [4.78, 5) is 4.69. The molecule has 0 aliphatic heterocycles. The first-order chi connectivity index (χ1) is 12.4. The number of unbranched alkanes of at least 4 members (excludes halogenated alkanes) is 11. The fraction of sp³-hybridized carbons (Fsp3) is 0.696. The highest BCUT2D eigenvalue weighted by Gasteiger charge is 1.98. The molecule has 2 heteroatoms. The molecule has 0 atom stereocenters. The highest BCUT2D eigenvalue weighted by atomic mass is 14.8. The minimum absolute atomic E-state index is 0.602. The van der Waals surface area contributed by atoms with E-state index in [1.54, 1.807) is 0 Å². The van der Waals surface area contributed by atoms with Gasteiger partial charge in [-0.2, -0.15) is 0 Å². The van der Waals surface area contributed by atoms with Gasteiger partial charge in [0.2, 0.25) is 0 Å². The Morgan fingerprint density at radius 2 is 1.28 bits per heavy atom. The second kappa shape index (κ2) is 16.3. The molecule has 0 bridgehead atoms. The molecule has 0 unspecified atom stereocenters. The van der Waals surface area contributed by atoms with Crippen molar-refractivity contribution >= 4 is 5.71 Å². The van der Waals surface area contributed by atoms with Crippen LogP contribution in [0.5, 0.6) is 0 Å². The molecule has 142 valence electrons. The van der Waals surface area contributed by atoms with Crippen molar-refractivity contribution in [3.05, 3.63) is 35.9 Å². The first-order valence-electron chi connectivity index (χ1n) is 10.6. The van der Waals surface area contributed by atoms with Crippen LogP contribution in [0.15, 0.2) is 35.3 Å². The predicted octanol–water partition coefficient (Wildman–Crippen LogP) is 6.68. The first kappa shape index (κ1) is 21.9. The number of nitrogens with zero attached hydrogens (tertiary/aromatic N) is 1. The molecule has 0 heterocycles. The number of hydrogen-bond acceptors (Lipinski definition) is 2. The quantitative estimate of drug-likeness (QED) is 0.264. The van der Waals surface area contributed by atoms with E-state index in [1.807, 2.05) is 6.07 Å². The Hall–Kier alpha value is -1.15. The number of benzene rings is 1. The lowest BCUT2D eigenvalue weighted by atomic mass is 10.0. The summed E-state index contributed by atoms with van der Waals surface area (Å²) in [6.07, 6.45) is 17.8. The topological polar surface area (TPSA) is 38.4 Å². The van der Waals surface area contributed by atoms with Crippen molar-refractivity contribution in [2.24, 2.45) is 10.7 Å². The van der Waals surface area contributed by atoms with Crippen molar-refractivity contribution in [3.8, 4) is 0 Å². The molecule has 25 heavy (non-hydrogen) atoms. The van der Waals surface area contributed by atoms with E-state index in [0.29, 0.717) is 6.54 Å². The van der Waals surface area contributed by atoms with Gasteiger partial charge in [0.25, 0.3) is 0 Å². The molecule has 1 aromatic rings. The minimum atomic E-state index is 0.602. The third kappa shape index (κ3) is 12.8. The molecule has 0 saturated carbocycles. The fourth-order valence-electron chi connectivity index (χ4n) is 3.20. The summed E-state index contributed by atoms with van der Waals surface area (Å²) in [6.45, 7) is 3.65. The number of aliphatic imine (C=N–C) groups is 1. The Morgan fingerprint density at radius 3 is 1.80 bits per heavy atom. The molecule has 0 aliphatic carbocycles. The van der Waals surface area contributed by atoms with Gasteiger partial charge in [0.05, 0.1) is 6.54 Å². The number of hydrogen-bond donors (Lipinski definition) is 1. The summed E-state index contributed by atoms with van der Waals surface area (Å²) in [5.41, 5.74) is 8.29. The lowest BCUT2D eigenvalue weighted by Gasteiger charge is -2.05. The summed E-state index contributed by atoms with van der Waals surface area (Å²) >= 11 is 0. The molecule has 2 N–H and O–H groups in total. The molecule has 0 aromatic heterocycles. The Balaban J connectivity index is 1.95. The molecule has 0 saturated heterocycles. The lowest BCUT2D eigenvalue weighted by Crippen LogP contribution is -2.14. The van der Waals surface area contributed by atoms with E-state index in [9.17, 15) is 0 Å². The maximum absolute atomic E-state index is 5.85. The monoisotopic (exact) mass is 344 g/mol. The molecular weight excluding hydrogens is 304 g/mol. The maximum atomic E-state index is 5.85. The van der Waals surface area contributed by atoms with Crippen LogP contribution < -0.4 is 5.73 Å². The van der Waals surface area contributed by atoms with Crippen molar-refractivity contribution in [1.82, 2.24) is 0 Å². The van der Waals surface area contributed by atoms with Crippen LogP contribution in [0.1, 0.15) is 96.0 Å². The Labute approximate surface area is 156 Å². The van der Waals surface area contributed by atoms with E-state index in [-0.39, 0.29) is 0 Å². The second-order valence-corrected chi connectivity index (χ2v) is 7.21. The largest absolute Gasteiger partial charge is 0.326 e. The van der Waals surface area contributed by atoms with Gasteiger partial charge < -0.3 is 5.73 Å². The van der Waals surface area contributed by atoms with Gasteiger partial charge in [-0.05, 0) is 18.4 Å². The molecule has 0 fully saturated rings. The molecule has 0 spiro atoms. The van der Waals surface area contributed by atoms with Crippen LogP contribution in [-0.2, 0) is 6.54 Å². The van der Waals surface area contributed by atoms with Crippen LogP contribution in [0.25, 0.3) is 0 Å². The van der Waals surface area contributed by atoms with E-state index in [1.165, 1.54) is 88.3 Å². The number of nitrogens with two attached hydrogens (primary N) is 1. The predicted molar refractivity (Wildman–Crippen MR) is 112 cm³/mol. The average Bonchev–Trinajstić information content (AvgIpc) is 2.66. The van der Waals surface area contributed by atoms with Crippen LogP contribution in [-0.4, -0.2) is 12.3 Å². The van der Waals surface area contributed by atoms with Crippen LogP contribution in [0.4, 0.5) is 0 Å². The SMILES string of the molecule is CCCCCCCCCCCCCCC(CN)=NCc1ccccc1. The van der Waals surface area contributed by atoms with Crippen LogP contribution >= 0.6 is 0 Å². The molecule has 0 amide bonds. The van der Waals surface area contributed by atoms with Gasteiger partial charge in [0.15, 0.2) is 0 Å². The van der Waals surface area contributed by atoms with Gasteiger partial charge in [-0.15, -0.1) is 0 Å². The molecule has 0 aliphatic rings. The summed E-state index contributed by atoms with van der Waals surface area (Å²) in [5.74, 6) is 0. The van der Waals surface area contributed by atoms with Crippen molar-refractivity contribution in [1.29, 1.82) is 0 Å². The number of rotatable bonds is 16. The smallest absolute Gasteiger partial charge is 0.0639 e. The zero-order valence-electron chi connectivity index (χ0n) is 16.5. The van der Waals surface area contributed by atoms with Crippen molar-refractivity contribution in [2.75, 3.05) is 6.54 Å². The van der Waals surface area contributed by atoms with E-state index in [0.717, 1.165) is 13.0 Å². The van der Waals surface area contributed by atoms with Crippen LogP contribution in [0.2, 0.25) is 0 Å². The Kier molecular flexibility index (Phi) is 14.3. The van der Waals surface area contributed by atoms with Crippen molar-refractivity contribution in [3.63, 3.8) is 0 Å². The zero-order chi connectivity index (χ0) is 18.0. The van der Waals surface area contributed by atoms with E-state index < -0.39 is 0 Å². The van der Waals surface area contributed by atoms with Gasteiger partial charge in [-0.3, -0.25) is 4.99 Å². The molecular formula is C23H40N2. The standard InChI is InChI=1S/C23H40N2/c1-2-3-4-5-6-7-8-9-10-11-12-16-19-23(20-24)25-21-22-17-14-13-15-18-22/h13-15,17-18H,2-12,16,19-21,24H2,1H3. The highest BCUT2D eigenvalue weighted by Crippen LogP contribution is 2.12. The second-order valence-electron chi connectivity index (χ2n) is 7.21. The van der Waals surface area contributed by atoms with E-state index in [4.69, 9.17) is 10.7 Å². The van der Waals surface area contributed by atoms with Gasteiger partial charge in [0, 0.05) is 12.3 Å². The third-order valence-corrected chi connectivity index (χ3v) is 4.88. The van der Waals surface area contributed by atoms with Gasteiger partial charge in [-0.1, -0.05) is 108 Å². The zero-order valence-corrected chi connectivity index (χ0v) is 16.5. The normalized spacial score (nSPS) is 11.8. The summed E-state index contributed by atoms with van der Waals surface area (Å²) in [7, 11) is 0. The first-order valence-corrected chi connectivity index (χ1v) is 10.6. The van der Waals surface area contributed by atoms with Crippen LogP contribution in [0, 0.1) is 0 Å². The molecule has 0 radical (unpaired) electrons. The van der Waals surface area contributed by atoms with Gasteiger partial charge in [0.1, 0.15) is 0 Å². The molecule has 1 aromatic carbocycles. The van der Waals surface area contributed by atoms with Gasteiger partial charge >= 0.3 is 0 Å². The molecule has 1 rings (SSSR count). The Bertz CT molecular complexity index is 425. The Morgan fingerprint density at radius 1 is 0.760 bits per heavy atom. The summed E-state index contributed by atoms with van der Waals surface area (Å²) in [5, 5.41) is 0. The van der Waals surface area contributed by atoms with Crippen LogP contribution in [0.3, 0.4) is 0 Å². The minimum Gasteiger partial charge on any atom is -0.326 e. The van der Waals surface area contributed by atoms with Gasteiger partial charge in [-0.25, -0.2) is 0 Å². The summed E-state index contributed by atoms with van der Waals surface area (Å²) in [6, 6.07) is 10.4. The van der Waals surface area contributed by atoms with E-state index >= 15 is 0 Å². The third-order valence-electron chi connectivity index (χ3n) is 4.88. The average molecular weight is 345 g/mol. The lowest BCUT2D eigenvalue weighted by molar-refractivity contribution is 0.545. The summed E-state index contributed by atoms with van der Waals surface area (Å²) < 4.78 is 0.